The van der Waals surface area contributed by atoms with Gasteiger partial charge in [0.1, 0.15) is 6.61 Å². The smallest absolute Gasteiger partial charge is 0.277 e. The molecule has 8 nitrogen and oxygen atoms in total. The summed E-state index contributed by atoms with van der Waals surface area (Å²) in [5, 5.41) is 11.7. The first-order valence-electron chi connectivity index (χ1n) is 9.16. The van der Waals surface area contributed by atoms with Crippen LogP contribution in [0.2, 0.25) is 0 Å². The molecule has 0 fully saturated rings. The van der Waals surface area contributed by atoms with E-state index in [1.165, 1.54) is 11.3 Å². The number of thioether (sulfide) groups is 1. The van der Waals surface area contributed by atoms with E-state index in [0.29, 0.717) is 27.7 Å². The largest absolute Gasteiger partial charge is 0.485 e. The fourth-order valence-corrected chi connectivity index (χ4v) is 4.47. The second-order valence-corrected chi connectivity index (χ2v) is 8.55. The molecule has 0 bridgehead atoms. The van der Waals surface area contributed by atoms with E-state index >= 15 is 0 Å². The number of carbonyl (C=O) groups excluding carboxylic acids is 1. The number of carbonyl (C=O) groups is 1. The van der Waals surface area contributed by atoms with Crippen LogP contribution in [0.4, 0.5) is 5.13 Å². The number of benzene rings is 2. The fraction of sp³-hybridized carbons (Fsp3) is 0.200. The number of aryl methyl sites for hydroxylation is 1. The highest BCUT2D eigenvalue weighted by atomic mass is 32.2. The lowest BCUT2D eigenvalue weighted by atomic mass is 10.2. The van der Waals surface area contributed by atoms with Crippen LogP contribution in [0.25, 0.3) is 10.2 Å². The Labute approximate surface area is 179 Å². The molecule has 2 aromatic heterocycles. The Morgan fingerprint density at radius 3 is 3.00 bits per heavy atom. The van der Waals surface area contributed by atoms with E-state index in [-0.39, 0.29) is 18.3 Å². The summed E-state index contributed by atoms with van der Waals surface area (Å²) in [5.41, 5.74) is 2.02. The van der Waals surface area contributed by atoms with Crippen LogP contribution < -0.4 is 14.8 Å². The number of amides is 1. The number of hydrogen-bond acceptors (Lipinski definition) is 9. The molecule has 0 aliphatic carbocycles. The third kappa shape index (κ3) is 3.96. The molecule has 1 N–H and O–H groups in total. The molecule has 1 atom stereocenters. The molecule has 4 aromatic rings. The highest BCUT2D eigenvalue weighted by molar-refractivity contribution is 7.99. The highest BCUT2D eigenvalue weighted by Crippen LogP contribution is 2.36. The van der Waals surface area contributed by atoms with E-state index < -0.39 is 6.10 Å². The Balaban J connectivity index is 1.18. The molecular formula is C20H16N4O4S2. The molecule has 0 radical (unpaired) electrons. The van der Waals surface area contributed by atoms with Gasteiger partial charge in [0.2, 0.25) is 12.0 Å². The highest BCUT2D eigenvalue weighted by Gasteiger charge is 2.27. The van der Waals surface area contributed by atoms with Crippen molar-refractivity contribution in [2.24, 2.45) is 0 Å². The van der Waals surface area contributed by atoms with Gasteiger partial charge in [0.15, 0.2) is 16.6 Å². The minimum atomic E-state index is -0.484. The summed E-state index contributed by atoms with van der Waals surface area (Å²) in [6.07, 6.45) is -0.484. The van der Waals surface area contributed by atoms with Crippen LogP contribution in [0.15, 0.2) is 52.1 Å². The van der Waals surface area contributed by atoms with Gasteiger partial charge in [-0.3, -0.25) is 4.79 Å². The molecule has 1 aliphatic rings. The van der Waals surface area contributed by atoms with E-state index in [1.807, 2.05) is 49.4 Å². The quantitative estimate of drug-likeness (QED) is 0.460. The van der Waals surface area contributed by atoms with Crippen molar-refractivity contribution in [1.82, 2.24) is 15.2 Å². The molecule has 0 saturated carbocycles. The number of nitrogens with one attached hydrogen (secondary N) is 1. The first-order chi connectivity index (χ1) is 14.6. The maximum atomic E-state index is 12.3. The van der Waals surface area contributed by atoms with E-state index in [4.69, 9.17) is 13.9 Å². The van der Waals surface area contributed by atoms with Crippen molar-refractivity contribution in [2.45, 2.75) is 18.3 Å². The molecule has 30 heavy (non-hydrogen) atoms. The number of anilines is 1. The average molecular weight is 441 g/mol. The topological polar surface area (TPSA) is 99.4 Å². The Hall–Kier alpha value is -3.11. The van der Waals surface area contributed by atoms with Crippen LogP contribution in [0, 0.1) is 6.92 Å². The van der Waals surface area contributed by atoms with Crippen molar-refractivity contribution in [3.63, 3.8) is 0 Å². The summed E-state index contributed by atoms with van der Waals surface area (Å²) in [7, 11) is 0. The summed E-state index contributed by atoms with van der Waals surface area (Å²) in [4.78, 5) is 16.7. The molecule has 0 unspecified atom stereocenters. The third-order valence-corrected chi connectivity index (χ3v) is 6.08. The first-order valence-corrected chi connectivity index (χ1v) is 11.0. The van der Waals surface area contributed by atoms with E-state index in [0.717, 1.165) is 27.5 Å². The van der Waals surface area contributed by atoms with Crippen LogP contribution >= 0.6 is 23.1 Å². The van der Waals surface area contributed by atoms with Gasteiger partial charge in [-0.05, 0) is 36.8 Å². The van der Waals surface area contributed by atoms with Crippen LogP contribution in [-0.2, 0) is 4.79 Å². The minimum Gasteiger partial charge on any atom is -0.485 e. The maximum Gasteiger partial charge on any atom is 0.277 e. The Morgan fingerprint density at radius 1 is 1.23 bits per heavy atom. The summed E-state index contributed by atoms with van der Waals surface area (Å²) in [6.45, 7) is 2.30. The second kappa shape index (κ2) is 7.96. The number of thiazole rings is 1. The molecule has 0 spiro atoms. The summed E-state index contributed by atoms with van der Waals surface area (Å²) < 4.78 is 18.2. The van der Waals surface area contributed by atoms with Crippen LogP contribution in [0.3, 0.4) is 0 Å². The molecular weight excluding hydrogens is 424 g/mol. The van der Waals surface area contributed by atoms with Crippen molar-refractivity contribution in [1.29, 1.82) is 0 Å². The molecule has 3 heterocycles. The van der Waals surface area contributed by atoms with Gasteiger partial charge in [-0.1, -0.05) is 41.3 Å². The van der Waals surface area contributed by atoms with Crippen molar-refractivity contribution >= 4 is 44.4 Å². The SMILES string of the molecule is Cc1ccc2nc(NC(=O)CSc3nnc([C@H]4COc5ccccc5O4)o3)sc2c1. The molecule has 10 heteroatoms. The number of para-hydroxylation sites is 2. The number of fused-ring (bicyclic) bond motifs is 2. The zero-order chi connectivity index (χ0) is 20.5. The Kier molecular flexibility index (Phi) is 5.01. The second-order valence-electron chi connectivity index (χ2n) is 6.60. The predicted molar refractivity (Wildman–Crippen MR) is 113 cm³/mol. The number of nitrogens with zero attached hydrogens (tertiary/aromatic N) is 3. The molecule has 152 valence electrons. The van der Waals surface area contributed by atoms with E-state index in [2.05, 4.69) is 20.5 Å². The van der Waals surface area contributed by atoms with Crippen molar-refractivity contribution in [3.05, 3.63) is 53.9 Å². The predicted octanol–water partition coefficient (Wildman–Crippen LogP) is 4.23. The van der Waals surface area contributed by atoms with Gasteiger partial charge in [0.05, 0.1) is 16.0 Å². The van der Waals surface area contributed by atoms with E-state index in [1.54, 1.807) is 0 Å². The maximum absolute atomic E-state index is 12.3. The molecule has 5 rings (SSSR count). The standard InChI is InChI=1S/C20H16N4O4S2/c1-11-6-7-12-16(8-11)30-19(21-12)22-17(25)10-29-20-24-23-18(28-20)15-9-26-13-4-2-3-5-14(13)27-15/h2-8,15H,9-10H2,1H3,(H,21,22,25)/t15-/m1/s1. The monoisotopic (exact) mass is 440 g/mol. The van der Waals surface area contributed by atoms with Crippen molar-refractivity contribution < 1.29 is 18.7 Å². The van der Waals surface area contributed by atoms with Gasteiger partial charge in [-0.25, -0.2) is 4.98 Å². The lowest BCUT2D eigenvalue weighted by molar-refractivity contribution is -0.113. The number of rotatable bonds is 5. The third-order valence-electron chi connectivity index (χ3n) is 4.32. The number of aromatic nitrogens is 3. The van der Waals surface area contributed by atoms with Crippen LogP contribution in [-0.4, -0.2) is 33.4 Å². The lowest BCUT2D eigenvalue weighted by Crippen LogP contribution is -2.21. The first kappa shape index (κ1) is 18.9. The average Bonchev–Trinajstić information content (AvgIpc) is 3.38. The number of ether oxygens (including phenoxy) is 2. The number of hydrogen-bond donors (Lipinski definition) is 1. The Bertz CT molecular complexity index is 1220. The van der Waals surface area contributed by atoms with E-state index in [9.17, 15) is 4.79 Å². The summed E-state index contributed by atoms with van der Waals surface area (Å²) in [5.74, 6) is 1.56. The molecule has 0 saturated heterocycles. The zero-order valence-electron chi connectivity index (χ0n) is 15.8. The van der Waals surface area contributed by atoms with Gasteiger partial charge in [-0.15, -0.1) is 10.2 Å². The van der Waals surface area contributed by atoms with Gasteiger partial charge in [0.25, 0.3) is 11.1 Å². The van der Waals surface area contributed by atoms with Crippen molar-refractivity contribution in [2.75, 3.05) is 17.7 Å². The van der Waals surface area contributed by atoms with Crippen molar-refractivity contribution in [3.8, 4) is 11.5 Å². The summed E-state index contributed by atoms with van der Waals surface area (Å²) >= 11 is 2.60. The lowest BCUT2D eigenvalue weighted by Gasteiger charge is -2.23. The fourth-order valence-electron chi connectivity index (χ4n) is 2.92. The van der Waals surface area contributed by atoms with Gasteiger partial charge in [0, 0.05) is 0 Å². The van der Waals surface area contributed by atoms with Gasteiger partial charge < -0.3 is 19.2 Å². The minimum absolute atomic E-state index is 0.126. The normalized spacial score (nSPS) is 15.3. The molecule has 1 amide bonds. The van der Waals surface area contributed by atoms with Gasteiger partial charge in [-0.2, -0.15) is 0 Å². The summed E-state index contributed by atoms with van der Waals surface area (Å²) in [6, 6.07) is 13.4. The molecule has 1 aliphatic heterocycles. The van der Waals surface area contributed by atoms with Gasteiger partial charge >= 0.3 is 0 Å². The molecule has 2 aromatic carbocycles. The zero-order valence-corrected chi connectivity index (χ0v) is 17.5. The van der Waals surface area contributed by atoms with Crippen LogP contribution in [0.5, 0.6) is 11.5 Å². The van der Waals surface area contributed by atoms with Crippen LogP contribution in [0.1, 0.15) is 17.6 Å². The Morgan fingerprint density at radius 2 is 2.10 bits per heavy atom.